The zero-order valence-corrected chi connectivity index (χ0v) is 11.7. The number of nitrogens with one attached hydrogen (secondary N) is 1. The molecule has 0 bridgehead atoms. The average molecular weight is 297 g/mol. The molecule has 5 heteroatoms. The molecule has 0 radical (unpaired) electrons. The van der Waals surface area contributed by atoms with Gasteiger partial charge in [-0.3, -0.25) is 9.59 Å². The second-order valence-corrected chi connectivity index (χ2v) is 4.79. The maximum atomic E-state index is 12.1. The smallest absolute Gasteiger partial charge is 0.326 e. The number of aliphatic carboxylic acids is 1. The van der Waals surface area contributed by atoms with Crippen LogP contribution < -0.4 is 5.32 Å². The number of carbonyl (C=O) groups is 3. The van der Waals surface area contributed by atoms with Gasteiger partial charge in [0.05, 0.1) is 0 Å². The Labute approximate surface area is 127 Å². The molecule has 5 nitrogen and oxygen atoms in total. The summed E-state index contributed by atoms with van der Waals surface area (Å²) in [7, 11) is 0. The Bertz CT molecular complexity index is 665. The second kappa shape index (κ2) is 7.17. The maximum absolute atomic E-state index is 12.1. The monoisotopic (exact) mass is 297 g/mol. The Morgan fingerprint density at radius 3 is 2.23 bits per heavy atom. The SMILES string of the molecule is O=Cc1ccc(C(=O)NC(Cc2ccccc2)C(=O)O)cc1. The summed E-state index contributed by atoms with van der Waals surface area (Å²) in [5, 5.41) is 11.7. The molecular weight excluding hydrogens is 282 g/mol. The van der Waals surface area contributed by atoms with Gasteiger partial charge in [0.15, 0.2) is 0 Å². The van der Waals surface area contributed by atoms with Crippen molar-refractivity contribution in [3.8, 4) is 0 Å². The molecule has 2 rings (SSSR count). The van der Waals surface area contributed by atoms with Crippen molar-refractivity contribution in [2.75, 3.05) is 0 Å². The van der Waals surface area contributed by atoms with Gasteiger partial charge in [-0.25, -0.2) is 4.79 Å². The molecule has 22 heavy (non-hydrogen) atoms. The van der Waals surface area contributed by atoms with Crippen molar-refractivity contribution in [3.63, 3.8) is 0 Å². The van der Waals surface area contributed by atoms with Crippen molar-refractivity contribution in [1.82, 2.24) is 5.32 Å². The van der Waals surface area contributed by atoms with Crippen LogP contribution in [0.2, 0.25) is 0 Å². The molecule has 1 atom stereocenters. The lowest BCUT2D eigenvalue weighted by molar-refractivity contribution is -0.139. The van der Waals surface area contributed by atoms with Crippen molar-refractivity contribution >= 4 is 18.2 Å². The number of aldehydes is 1. The number of hydrogen-bond acceptors (Lipinski definition) is 3. The highest BCUT2D eigenvalue weighted by molar-refractivity contribution is 5.97. The number of carboxylic acids is 1. The largest absolute Gasteiger partial charge is 0.480 e. The van der Waals surface area contributed by atoms with Crippen LogP contribution >= 0.6 is 0 Å². The second-order valence-electron chi connectivity index (χ2n) is 4.79. The first-order chi connectivity index (χ1) is 10.6. The third kappa shape index (κ3) is 4.02. The van der Waals surface area contributed by atoms with E-state index in [0.29, 0.717) is 17.4 Å². The minimum absolute atomic E-state index is 0.203. The summed E-state index contributed by atoms with van der Waals surface area (Å²) >= 11 is 0. The third-order valence-corrected chi connectivity index (χ3v) is 3.20. The Kier molecular flexibility index (Phi) is 5.03. The molecule has 0 saturated heterocycles. The van der Waals surface area contributed by atoms with E-state index in [9.17, 15) is 19.5 Å². The predicted molar refractivity (Wildman–Crippen MR) is 80.9 cm³/mol. The third-order valence-electron chi connectivity index (χ3n) is 3.20. The quantitative estimate of drug-likeness (QED) is 0.798. The Morgan fingerprint density at radius 2 is 1.68 bits per heavy atom. The molecule has 112 valence electrons. The molecular formula is C17H15NO4. The van der Waals surface area contributed by atoms with Gasteiger partial charge in [0, 0.05) is 17.5 Å². The summed E-state index contributed by atoms with van der Waals surface area (Å²) < 4.78 is 0. The van der Waals surface area contributed by atoms with E-state index >= 15 is 0 Å². The van der Waals surface area contributed by atoms with Crippen molar-refractivity contribution in [2.45, 2.75) is 12.5 Å². The van der Waals surface area contributed by atoms with Crippen LogP contribution in [0.5, 0.6) is 0 Å². The molecule has 0 aliphatic heterocycles. The van der Waals surface area contributed by atoms with Crippen LogP contribution in [0.4, 0.5) is 0 Å². The normalized spacial score (nSPS) is 11.5. The molecule has 0 heterocycles. The molecule has 2 aromatic rings. The number of hydrogen-bond donors (Lipinski definition) is 2. The molecule has 1 unspecified atom stereocenters. The van der Waals surface area contributed by atoms with Crippen molar-refractivity contribution in [2.24, 2.45) is 0 Å². The Morgan fingerprint density at radius 1 is 1.05 bits per heavy atom. The van der Waals surface area contributed by atoms with Gasteiger partial charge in [0.2, 0.25) is 0 Å². The average Bonchev–Trinajstić information content (AvgIpc) is 2.55. The van der Waals surface area contributed by atoms with Gasteiger partial charge in [0.1, 0.15) is 12.3 Å². The molecule has 0 fully saturated rings. The van der Waals surface area contributed by atoms with Crippen LogP contribution in [-0.4, -0.2) is 29.3 Å². The van der Waals surface area contributed by atoms with Crippen LogP contribution in [-0.2, 0) is 11.2 Å². The van der Waals surface area contributed by atoms with Crippen molar-refractivity contribution in [1.29, 1.82) is 0 Å². The summed E-state index contributed by atoms with van der Waals surface area (Å²) in [4.78, 5) is 34.0. The number of carboxylic acid groups (broad SMARTS) is 1. The number of amides is 1. The zero-order chi connectivity index (χ0) is 15.9. The highest BCUT2D eigenvalue weighted by Crippen LogP contribution is 2.06. The number of benzene rings is 2. The highest BCUT2D eigenvalue weighted by atomic mass is 16.4. The van der Waals surface area contributed by atoms with Crippen LogP contribution in [0.15, 0.2) is 54.6 Å². The molecule has 2 aromatic carbocycles. The summed E-state index contributed by atoms with van der Waals surface area (Å²) in [5.41, 5.74) is 1.59. The van der Waals surface area contributed by atoms with Gasteiger partial charge >= 0.3 is 5.97 Å². The molecule has 1 amide bonds. The lowest BCUT2D eigenvalue weighted by atomic mass is 10.1. The fraction of sp³-hybridized carbons (Fsp3) is 0.118. The summed E-state index contributed by atoms with van der Waals surface area (Å²) in [6.07, 6.45) is 0.880. The number of carbonyl (C=O) groups excluding carboxylic acids is 2. The van der Waals surface area contributed by atoms with Crippen molar-refractivity contribution < 1.29 is 19.5 Å². The molecule has 0 saturated carbocycles. The van der Waals surface area contributed by atoms with E-state index in [1.165, 1.54) is 24.3 Å². The molecule has 0 aliphatic rings. The minimum Gasteiger partial charge on any atom is -0.480 e. The predicted octanol–water partition coefficient (Wildman–Crippen LogP) is 1.92. The summed E-state index contributed by atoms with van der Waals surface area (Å²) in [6, 6.07) is 14.1. The van der Waals surface area contributed by atoms with Crippen molar-refractivity contribution in [3.05, 3.63) is 71.3 Å². The first-order valence-electron chi connectivity index (χ1n) is 6.73. The molecule has 2 N–H and O–H groups in total. The highest BCUT2D eigenvalue weighted by Gasteiger charge is 2.21. The topological polar surface area (TPSA) is 83.5 Å². The zero-order valence-electron chi connectivity index (χ0n) is 11.7. The van der Waals surface area contributed by atoms with Crippen LogP contribution in [0.1, 0.15) is 26.3 Å². The Balaban J connectivity index is 2.08. The lowest BCUT2D eigenvalue weighted by Crippen LogP contribution is -2.42. The fourth-order valence-electron chi connectivity index (χ4n) is 2.00. The van der Waals surface area contributed by atoms with E-state index < -0.39 is 17.9 Å². The van der Waals surface area contributed by atoms with Gasteiger partial charge < -0.3 is 10.4 Å². The van der Waals surface area contributed by atoms with Gasteiger partial charge in [0.25, 0.3) is 5.91 Å². The first kappa shape index (κ1) is 15.4. The van der Waals surface area contributed by atoms with Gasteiger partial charge in [-0.15, -0.1) is 0 Å². The van der Waals surface area contributed by atoms with Crippen LogP contribution in [0.3, 0.4) is 0 Å². The van der Waals surface area contributed by atoms with Crippen LogP contribution in [0.25, 0.3) is 0 Å². The fourth-order valence-corrected chi connectivity index (χ4v) is 2.00. The Hall–Kier alpha value is -2.95. The van der Waals surface area contributed by atoms with E-state index in [2.05, 4.69) is 5.32 Å². The van der Waals surface area contributed by atoms with E-state index in [4.69, 9.17) is 0 Å². The molecule has 0 spiro atoms. The van der Waals surface area contributed by atoms with E-state index in [0.717, 1.165) is 5.56 Å². The maximum Gasteiger partial charge on any atom is 0.326 e. The summed E-state index contributed by atoms with van der Waals surface area (Å²) in [5.74, 6) is -1.58. The first-order valence-corrected chi connectivity index (χ1v) is 6.73. The minimum atomic E-state index is -1.10. The van der Waals surface area contributed by atoms with Gasteiger partial charge in [-0.2, -0.15) is 0 Å². The van der Waals surface area contributed by atoms with E-state index in [-0.39, 0.29) is 6.42 Å². The van der Waals surface area contributed by atoms with Gasteiger partial charge in [-0.05, 0) is 17.7 Å². The summed E-state index contributed by atoms with van der Waals surface area (Å²) in [6.45, 7) is 0. The lowest BCUT2D eigenvalue weighted by Gasteiger charge is -2.14. The van der Waals surface area contributed by atoms with Gasteiger partial charge in [-0.1, -0.05) is 42.5 Å². The van der Waals surface area contributed by atoms with E-state index in [1.807, 2.05) is 18.2 Å². The van der Waals surface area contributed by atoms with Crippen LogP contribution in [0, 0.1) is 0 Å². The molecule has 0 aliphatic carbocycles. The standard InChI is InChI=1S/C17H15NO4/c19-11-13-6-8-14(9-7-13)16(20)18-15(17(21)22)10-12-4-2-1-3-5-12/h1-9,11,15H,10H2,(H,18,20)(H,21,22). The number of rotatable bonds is 6. The molecule has 0 aromatic heterocycles. The van der Waals surface area contributed by atoms with E-state index in [1.54, 1.807) is 12.1 Å².